The Morgan fingerprint density at radius 1 is 1.40 bits per heavy atom. The predicted octanol–water partition coefficient (Wildman–Crippen LogP) is 2.10. The summed E-state index contributed by atoms with van der Waals surface area (Å²) in [6.07, 6.45) is 2.24. The Labute approximate surface area is 89.7 Å². The molecule has 0 aliphatic heterocycles. The minimum atomic E-state index is -0.140. The summed E-state index contributed by atoms with van der Waals surface area (Å²) in [7, 11) is 0. The van der Waals surface area contributed by atoms with Crippen LogP contribution in [-0.2, 0) is 6.61 Å². The van der Waals surface area contributed by atoms with Crippen molar-refractivity contribution >= 4 is 0 Å². The number of hydrogen-bond acceptors (Lipinski definition) is 4. The van der Waals surface area contributed by atoms with E-state index in [1.54, 1.807) is 0 Å². The first kappa shape index (κ1) is 10.6. The third-order valence-electron chi connectivity index (χ3n) is 3.34. The minimum Gasteiger partial charge on any atom is -0.388 e. The predicted molar refractivity (Wildman–Crippen MR) is 55.1 cm³/mol. The van der Waals surface area contributed by atoms with Crippen molar-refractivity contribution in [1.82, 2.24) is 10.1 Å². The van der Waals surface area contributed by atoms with Gasteiger partial charge in [0, 0.05) is 5.92 Å². The number of nitrogens with zero attached hydrogens (tertiary/aromatic N) is 2. The maximum Gasteiger partial charge on any atom is 0.229 e. The topological polar surface area (TPSA) is 59.2 Å². The molecule has 1 aromatic rings. The van der Waals surface area contributed by atoms with Crippen LogP contribution in [0.5, 0.6) is 0 Å². The zero-order chi connectivity index (χ0) is 11.1. The Morgan fingerprint density at radius 2 is 2.07 bits per heavy atom. The van der Waals surface area contributed by atoms with E-state index in [4.69, 9.17) is 9.63 Å². The standard InChI is InChI=1S/C11H18N2O2/c1-11(2,3)8-4-7(5-8)10-12-9(6-14)13-15-10/h7-8,14H,4-6H2,1-3H3/t7-,8+. The van der Waals surface area contributed by atoms with E-state index in [2.05, 4.69) is 30.9 Å². The normalized spacial score (nSPS) is 26.4. The van der Waals surface area contributed by atoms with Crippen molar-refractivity contribution < 1.29 is 9.63 Å². The van der Waals surface area contributed by atoms with E-state index in [1.807, 2.05) is 0 Å². The fraction of sp³-hybridized carbons (Fsp3) is 0.818. The SMILES string of the molecule is CC(C)(C)[C@H]1C[C@@H](c2nc(CO)no2)C1. The number of aromatic nitrogens is 2. The molecule has 1 aliphatic rings. The van der Waals surface area contributed by atoms with Crippen molar-refractivity contribution in [3.05, 3.63) is 11.7 Å². The van der Waals surface area contributed by atoms with Gasteiger partial charge in [0.15, 0.2) is 5.82 Å². The van der Waals surface area contributed by atoms with Gasteiger partial charge >= 0.3 is 0 Å². The zero-order valence-electron chi connectivity index (χ0n) is 9.53. The largest absolute Gasteiger partial charge is 0.388 e. The van der Waals surface area contributed by atoms with E-state index in [0.717, 1.165) is 18.8 Å². The molecule has 0 radical (unpaired) electrons. The van der Waals surface area contributed by atoms with Crippen molar-refractivity contribution in [3.63, 3.8) is 0 Å². The highest BCUT2D eigenvalue weighted by Crippen LogP contribution is 2.49. The van der Waals surface area contributed by atoms with Crippen LogP contribution in [0.2, 0.25) is 0 Å². The summed E-state index contributed by atoms with van der Waals surface area (Å²) in [6.45, 7) is 6.65. The maximum atomic E-state index is 8.82. The second kappa shape index (κ2) is 3.59. The van der Waals surface area contributed by atoms with Crippen LogP contribution < -0.4 is 0 Å². The Bertz CT molecular complexity index is 335. The lowest BCUT2D eigenvalue weighted by Gasteiger charge is -2.42. The van der Waals surface area contributed by atoms with Crippen molar-refractivity contribution in [2.24, 2.45) is 11.3 Å². The lowest BCUT2D eigenvalue weighted by molar-refractivity contribution is 0.0982. The lowest BCUT2D eigenvalue weighted by atomic mass is 9.63. The van der Waals surface area contributed by atoms with E-state index >= 15 is 0 Å². The summed E-state index contributed by atoms with van der Waals surface area (Å²) < 4.78 is 5.10. The molecule has 4 heteroatoms. The molecule has 0 atom stereocenters. The smallest absolute Gasteiger partial charge is 0.229 e. The average Bonchev–Trinajstić information content (AvgIpc) is 2.47. The Hall–Kier alpha value is -0.900. The van der Waals surface area contributed by atoms with E-state index in [-0.39, 0.29) is 6.61 Å². The molecule has 1 heterocycles. The van der Waals surface area contributed by atoms with Crippen molar-refractivity contribution in [1.29, 1.82) is 0 Å². The summed E-state index contributed by atoms with van der Waals surface area (Å²) >= 11 is 0. The van der Waals surface area contributed by atoms with Crippen molar-refractivity contribution in [2.75, 3.05) is 0 Å². The monoisotopic (exact) mass is 210 g/mol. The highest BCUT2D eigenvalue weighted by molar-refractivity contribution is 5.03. The molecule has 84 valence electrons. The minimum absolute atomic E-state index is 0.140. The van der Waals surface area contributed by atoms with Crippen LogP contribution in [0.25, 0.3) is 0 Å². The van der Waals surface area contributed by atoms with Gasteiger partial charge in [-0.2, -0.15) is 4.98 Å². The van der Waals surface area contributed by atoms with Crippen molar-refractivity contribution in [3.8, 4) is 0 Å². The number of hydrogen-bond donors (Lipinski definition) is 1. The molecule has 0 bridgehead atoms. The summed E-state index contributed by atoms with van der Waals surface area (Å²) in [5, 5.41) is 12.5. The molecule has 2 rings (SSSR count). The molecule has 15 heavy (non-hydrogen) atoms. The summed E-state index contributed by atoms with van der Waals surface area (Å²) in [5.41, 5.74) is 0.371. The number of rotatable bonds is 2. The van der Waals surface area contributed by atoms with Crippen LogP contribution in [0.4, 0.5) is 0 Å². The summed E-state index contributed by atoms with van der Waals surface area (Å²) in [6, 6.07) is 0. The lowest BCUT2D eigenvalue weighted by Crippen LogP contribution is -2.32. The second-order valence-corrected chi connectivity index (χ2v) is 5.44. The number of aliphatic hydroxyl groups excluding tert-OH is 1. The average molecular weight is 210 g/mol. The van der Waals surface area contributed by atoms with Crippen LogP contribution in [0.1, 0.15) is 51.2 Å². The molecule has 0 aromatic carbocycles. The molecule has 4 nitrogen and oxygen atoms in total. The van der Waals surface area contributed by atoms with Gasteiger partial charge in [0.1, 0.15) is 6.61 Å². The van der Waals surface area contributed by atoms with Gasteiger partial charge in [0.05, 0.1) is 0 Å². The summed E-state index contributed by atoms with van der Waals surface area (Å²) in [4.78, 5) is 4.14. The van der Waals surface area contributed by atoms with E-state index < -0.39 is 0 Å². The van der Waals surface area contributed by atoms with Crippen molar-refractivity contribution in [2.45, 2.75) is 46.1 Å². The number of aliphatic hydroxyl groups is 1. The molecule has 0 spiro atoms. The van der Waals surface area contributed by atoms with Gasteiger partial charge in [-0.3, -0.25) is 0 Å². The first-order valence-corrected chi connectivity index (χ1v) is 5.44. The Balaban J connectivity index is 1.94. The Kier molecular flexibility index (Phi) is 2.54. The first-order chi connectivity index (χ1) is 7.00. The van der Waals surface area contributed by atoms with Gasteiger partial charge in [0.25, 0.3) is 0 Å². The van der Waals surface area contributed by atoms with Gasteiger partial charge in [0.2, 0.25) is 5.89 Å². The van der Waals surface area contributed by atoms with Crippen LogP contribution in [0.15, 0.2) is 4.52 Å². The molecular weight excluding hydrogens is 192 g/mol. The van der Waals surface area contributed by atoms with Gasteiger partial charge in [-0.25, -0.2) is 0 Å². The molecule has 1 saturated carbocycles. The van der Waals surface area contributed by atoms with E-state index in [9.17, 15) is 0 Å². The third kappa shape index (κ3) is 2.04. The third-order valence-corrected chi connectivity index (χ3v) is 3.34. The fourth-order valence-electron chi connectivity index (χ4n) is 2.02. The molecule has 1 aliphatic carbocycles. The maximum absolute atomic E-state index is 8.82. The molecule has 1 aromatic heterocycles. The molecule has 1 fully saturated rings. The van der Waals surface area contributed by atoms with Gasteiger partial charge < -0.3 is 9.63 Å². The fourth-order valence-corrected chi connectivity index (χ4v) is 2.02. The quantitative estimate of drug-likeness (QED) is 0.812. The molecule has 0 amide bonds. The zero-order valence-corrected chi connectivity index (χ0v) is 9.53. The molecule has 1 N–H and O–H groups in total. The van der Waals surface area contributed by atoms with E-state index in [1.165, 1.54) is 0 Å². The van der Waals surface area contributed by atoms with Gasteiger partial charge in [-0.15, -0.1) is 0 Å². The molecule has 0 unspecified atom stereocenters. The highest BCUT2D eigenvalue weighted by Gasteiger charge is 2.40. The van der Waals surface area contributed by atoms with Gasteiger partial charge in [-0.1, -0.05) is 25.9 Å². The van der Waals surface area contributed by atoms with Gasteiger partial charge in [-0.05, 0) is 24.2 Å². The second-order valence-electron chi connectivity index (χ2n) is 5.44. The van der Waals surface area contributed by atoms with E-state index in [0.29, 0.717) is 23.0 Å². The molecule has 0 saturated heterocycles. The highest BCUT2D eigenvalue weighted by atomic mass is 16.5. The van der Waals surface area contributed by atoms with Crippen LogP contribution in [-0.4, -0.2) is 15.2 Å². The Morgan fingerprint density at radius 3 is 2.53 bits per heavy atom. The van der Waals surface area contributed by atoms with Crippen LogP contribution in [0.3, 0.4) is 0 Å². The summed E-state index contributed by atoms with van der Waals surface area (Å²) in [5.74, 6) is 2.23. The first-order valence-electron chi connectivity index (χ1n) is 5.44. The molecular formula is C11H18N2O2. The van der Waals surface area contributed by atoms with Crippen LogP contribution in [0, 0.1) is 11.3 Å². The van der Waals surface area contributed by atoms with Crippen LogP contribution >= 0.6 is 0 Å².